The third kappa shape index (κ3) is 3.63. The Morgan fingerprint density at radius 1 is 0.781 bits per heavy atom. The predicted octanol–water partition coefficient (Wildman–Crippen LogP) is 5.40. The largest absolute Gasteiger partial charge is 0.438 e. The van der Waals surface area contributed by atoms with E-state index >= 15 is 0 Å². The Balaban J connectivity index is 1.41. The maximum absolute atomic E-state index is 13.2. The number of rotatable bonds is 5. The fourth-order valence-corrected chi connectivity index (χ4v) is 4.75. The van der Waals surface area contributed by atoms with E-state index in [9.17, 15) is 8.42 Å². The average Bonchev–Trinajstić information content (AvgIpc) is 2.84. The van der Waals surface area contributed by atoms with Crippen LogP contribution in [0.2, 0.25) is 0 Å². The summed E-state index contributed by atoms with van der Waals surface area (Å²) in [6.07, 6.45) is 1.45. The molecule has 7 heteroatoms. The first kappa shape index (κ1) is 20.0. The molecule has 0 aliphatic carbocycles. The first-order valence-corrected chi connectivity index (χ1v) is 11.4. The lowest BCUT2D eigenvalue weighted by Crippen LogP contribution is -2.26. The van der Waals surface area contributed by atoms with E-state index in [4.69, 9.17) is 4.74 Å². The lowest BCUT2D eigenvalue weighted by atomic mass is 10.1. The first-order chi connectivity index (χ1) is 15.5. The third-order valence-corrected chi connectivity index (χ3v) is 7.08. The van der Waals surface area contributed by atoms with E-state index in [0.29, 0.717) is 17.3 Å². The lowest BCUT2D eigenvalue weighted by Gasteiger charge is -2.20. The number of hydrogen-bond donors (Lipinski definition) is 0. The van der Waals surface area contributed by atoms with Crippen LogP contribution in [0.25, 0.3) is 21.7 Å². The first-order valence-electron chi connectivity index (χ1n) is 9.98. The predicted molar refractivity (Wildman–Crippen MR) is 126 cm³/mol. The Morgan fingerprint density at radius 2 is 1.50 bits per heavy atom. The van der Waals surface area contributed by atoms with Crippen molar-refractivity contribution in [1.29, 1.82) is 0 Å². The van der Waals surface area contributed by atoms with Crippen LogP contribution in [0.4, 0.5) is 5.69 Å². The molecule has 0 bridgehead atoms. The van der Waals surface area contributed by atoms with Crippen molar-refractivity contribution in [1.82, 2.24) is 9.97 Å². The van der Waals surface area contributed by atoms with Crippen molar-refractivity contribution < 1.29 is 13.2 Å². The SMILES string of the molecule is CN(c1ccc(Oc2ncnc3ccccc23)cc1)S(=O)(=O)c1ccc2ccccc2c1. The Hall–Kier alpha value is -3.97. The molecular weight excluding hydrogens is 422 g/mol. The number of hydrogen-bond acceptors (Lipinski definition) is 5. The molecule has 0 unspecified atom stereocenters. The molecule has 0 fully saturated rings. The summed E-state index contributed by atoms with van der Waals surface area (Å²) in [5.74, 6) is 0.995. The monoisotopic (exact) mass is 441 g/mol. The summed E-state index contributed by atoms with van der Waals surface area (Å²) in [7, 11) is -2.17. The number of aromatic nitrogens is 2. The number of benzene rings is 4. The van der Waals surface area contributed by atoms with Crippen molar-refractivity contribution in [2.24, 2.45) is 0 Å². The average molecular weight is 442 g/mol. The van der Waals surface area contributed by atoms with Crippen LogP contribution in [-0.4, -0.2) is 25.4 Å². The maximum atomic E-state index is 13.2. The van der Waals surface area contributed by atoms with Gasteiger partial charge in [-0.2, -0.15) is 0 Å². The minimum Gasteiger partial charge on any atom is -0.438 e. The maximum Gasteiger partial charge on any atom is 0.264 e. The molecule has 32 heavy (non-hydrogen) atoms. The summed E-state index contributed by atoms with van der Waals surface area (Å²) >= 11 is 0. The summed E-state index contributed by atoms with van der Waals surface area (Å²) in [6.45, 7) is 0. The molecular formula is C25H19N3O3S. The zero-order valence-corrected chi connectivity index (χ0v) is 18.0. The van der Waals surface area contributed by atoms with Gasteiger partial charge in [-0.25, -0.2) is 18.4 Å². The van der Waals surface area contributed by atoms with Crippen LogP contribution in [0.15, 0.2) is 102 Å². The second kappa shape index (κ2) is 7.94. The summed E-state index contributed by atoms with van der Waals surface area (Å²) in [6, 6.07) is 27.2. The van der Waals surface area contributed by atoms with Crippen LogP contribution in [0, 0.1) is 0 Å². The molecule has 4 aromatic carbocycles. The molecule has 0 aliphatic rings. The Labute approximate surface area is 185 Å². The fourth-order valence-electron chi connectivity index (χ4n) is 3.52. The van der Waals surface area contributed by atoms with Crippen molar-refractivity contribution >= 4 is 37.4 Å². The Kier molecular flexibility index (Phi) is 4.95. The van der Waals surface area contributed by atoms with Crippen LogP contribution < -0.4 is 9.04 Å². The summed E-state index contributed by atoms with van der Waals surface area (Å²) < 4.78 is 33.5. The van der Waals surface area contributed by atoms with Gasteiger partial charge in [-0.05, 0) is 59.3 Å². The summed E-state index contributed by atoms with van der Waals surface area (Å²) in [5.41, 5.74) is 1.31. The molecule has 0 atom stereocenters. The van der Waals surface area contributed by atoms with Gasteiger partial charge in [0.15, 0.2) is 0 Å². The van der Waals surface area contributed by atoms with Gasteiger partial charge in [0.1, 0.15) is 12.1 Å². The molecule has 0 amide bonds. The quantitative estimate of drug-likeness (QED) is 0.365. The second-order valence-electron chi connectivity index (χ2n) is 7.27. The fraction of sp³-hybridized carbons (Fsp3) is 0.0400. The molecule has 0 saturated heterocycles. The van der Waals surface area contributed by atoms with Crippen molar-refractivity contribution in [3.8, 4) is 11.6 Å². The summed E-state index contributed by atoms with van der Waals surface area (Å²) in [4.78, 5) is 8.70. The third-order valence-electron chi connectivity index (χ3n) is 5.30. The highest BCUT2D eigenvalue weighted by Crippen LogP contribution is 2.30. The molecule has 5 rings (SSSR count). The normalized spacial score (nSPS) is 11.5. The molecule has 0 saturated carbocycles. The molecule has 0 aliphatic heterocycles. The second-order valence-corrected chi connectivity index (χ2v) is 9.24. The number of sulfonamides is 1. The van der Waals surface area contributed by atoms with Crippen molar-refractivity contribution in [3.05, 3.63) is 97.3 Å². The molecule has 6 nitrogen and oxygen atoms in total. The van der Waals surface area contributed by atoms with E-state index < -0.39 is 10.0 Å². The van der Waals surface area contributed by atoms with Crippen LogP contribution in [-0.2, 0) is 10.0 Å². The highest BCUT2D eigenvalue weighted by molar-refractivity contribution is 7.92. The van der Waals surface area contributed by atoms with Crippen LogP contribution in [0.1, 0.15) is 0 Å². The van der Waals surface area contributed by atoms with Gasteiger partial charge in [0, 0.05) is 7.05 Å². The van der Waals surface area contributed by atoms with Gasteiger partial charge < -0.3 is 4.74 Å². The van der Waals surface area contributed by atoms with Gasteiger partial charge >= 0.3 is 0 Å². The van der Waals surface area contributed by atoms with Gasteiger partial charge in [0.05, 0.1) is 21.5 Å². The number of ether oxygens (including phenoxy) is 1. The van der Waals surface area contributed by atoms with Crippen LogP contribution >= 0.6 is 0 Å². The van der Waals surface area contributed by atoms with Crippen molar-refractivity contribution in [2.45, 2.75) is 4.90 Å². The molecule has 1 heterocycles. The Bertz CT molecular complexity index is 1530. The van der Waals surface area contributed by atoms with Crippen molar-refractivity contribution in [3.63, 3.8) is 0 Å². The molecule has 0 spiro atoms. The number of fused-ring (bicyclic) bond motifs is 2. The van der Waals surface area contributed by atoms with E-state index in [1.54, 1.807) is 36.4 Å². The van der Waals surface area contributed by atoms with E-state index in [1.807, 2.05) is 54.6 Å². The van der Waals surface area contributed by atoms with Crippen molar-refractivity contribution in [2.75, 3.05) is 11.4 Å². The molecule has 0 N–H and O–H groups in total. The Morgan fingerprint density at radius 3 is 2.31 bits per heavy atom. The van der Waals surface area contributed by atoms with Gasteiger partial charge in [-0.3, -0.25) is 4.31 Å². The zero-order chi connectivity index (χ0) is 22.1. The zero-order valence-electron chi connectivity index (χ0n) is 17.2. The highest BCUT2D eigenvalue weighted by Gasteiger charge is 2.21. The van der Waals surface area contributed by atoms with Gasteiger partial charge in [-0.1, -0.05) is 42.5 Å². The standard InChI is InChI=1S/C25H19N3O3S/c1-28(32(29,30)22-15-10-18-6-2-3-7-19(18)16-22)20-11-13-21(14-12-20)31-25-23-8-4-5-9-24(23)26-17-27-25/h2-17H,1H3. The van der Waals surface area contributed by atoms with Gasteiger partial charge in [-0.15, -0.1) is 0 Å². The molecule has 5 aromatic rings. The van der Waals surface area contributed by atoms with E-state index in [-0.39, 0.29) is 4.90 Å². The van der Waals surface area contributed by atoms with Gasteiger partial charge in [0.2, 0.25) is 5.88 Å². The minimum atomic E-state index is -3.71. The van der Waals surface area contributed by atoms with E-state index in [1.165, 1.54) is 17.7 Å². The summed E-state index contributed by atoms with van der Waals surface area (Å²) in [5, 5.41) is 2.67. The smallest absolute Gasteiger partial charge is 0.264 e. The highest BCUT2D eigenvalue weighted by atomic mass is 32.2. The van der Waals surface area contributed by atoms with Crippen LogP contribution in [0.5, 0.6) is 11.6 Å². The van der Waals surface area contributed by atoms with E-state index in [0.717, 1.165) is 21.7 Å². The number of para-hydroxylation sites is 1. The van der Waals surface area contributed by atoms with E-state index in [2.05, 4.69) is 9.97 Å². The van der Waals surface area contributed by atoms with Gasteiger partial charge in [0.25, 0.3) is 10.0 Å². The minimum absolute atomic E-state index is 0.242. The number of nitrogens with zero attached hydrogens (tertiary/aromatic N) is 3. The lowest BCUT2D eigenvalue weighted by molar-refractivity contribution is 0.468. The molecule has 0 radical (unpaired) electrons. The van der Waals surface area contributed by atoms with Crippen LogP contribution in [0.3, 0.4) is 0 Å². The molecule has 158 valence electrons. The molecule has 1 aromatic heterocycles. The number of anilines is 1. The topological polar surface area (TPSA) is 72.4 Å².